The highest BCUT2D eigenvalue weighted by molar-refractivity contribution is 9.10. The molecule has 6 nitrogen and oxygen atoms in total. The average molecular weight is 447 g/mol. The van der Waals surface area contributed by atoms with Crippen molar-refractivity contribution in [3.05, 3.63) is 44.7 Å². The maximum absolute atomic E-state index is 12.0. The number of nitrogens with zero attached hydrogens (tertiary/aromatic N) is 4. The lowest BCUT2D eigenvalue weighted by molar-refractivity contribution is 0.559. The number of fused-ring (bicyclic) bond motifs is 1. The summed E-state index contributed by atoms with van der Waals surface area (Å²) in [5.74, 6) is 1.67. The summed E-state index contributed by atoms with van der Waals surface area (Å²) in [6, 6.07) is 7.89. The predicted molar refractivity (Wildman–Crippen MR) is 109 cm³/mol. The van der Waals surface area contributed by atoms with Crippen LogP contribution in [0.1, 0.15) is 37.3 Å². The van der Waals surface area contributed by atoms with Gasteiger partial charge in [-0.1, -0.05) is 27.7 Å². The largest absolute Gasteiger partial charge is 0.423 e. The zero-order valence-electron chi connectivity index (χ0n) is 14.7. The molecule has 1 saturated heterocycles. The Morgan fingerprint density at radius 2 is 2.00 bits per heavy atom. The van der Waals surface area contributed by atoms with Crippen LogP contribution in [0.3, 0.4) is 0 Å². The van der Waals surface area contributed by atoms with E-state index >= 15 is 0 Å². The van der Waals surface area contributed by atoms with E-state index in [0.717, 1.165) is 39.6 Å². The summed E-state index contributed by atoms with van der Waals surface area (Å²) in [7, 11) is 0. The van der Waals surface area contributed by atoms with Gasteiger partial charge in [0.15, 0.2) is 5.16 Å². The van der Waals surface area contributed by atoms with Crippen molar-refractivity contribution in [1.82, 2.24) is 14.8 Å². The van der Waals surface area contributed by atoms with Crippen LogP contribution in [-0.4, -0.2) is 27.9 Å². The standard InChI is InChI=1S/C19H19BrN4O2S/c20-13-3-6-15-12(9-17(25)26-16(15)10-13)11-27-19-22-21-18(23-7-1-2-8-23)24(19)14-4-5-14/h3,6,9-10,14H,1-2,4-5,7-8,11H2. The fourth-order valence-electron chi connectivity index (χ4n) is 3.62. The number of anilines is 1. The number of thioether (sulfide) groups is 1. The number of halogens is 1. The van der Waals surface area contributed by atoms with Crippen molar-refractivity contribution in [3.8, 4) is 0 Å². The van der Waals surface area contributed by atoms with Crippen molar-refractivity contribution in [2.45, 2.75) is 42.6 Å². The minimum Gasteiger partial charge on any atom is -0.423 e. The van der Waals surface area contributed by atoms with Gasteiger partial charge in [-0.05, 0) is 49.4 Å². The van der Waals surface area contributed by atoms with E-state index in [4.69, 9.17) is 4.42 Å². The maximum Gasteiger partial charge on any atom is 0.336 e. The first-order valence-electron chi connectivity index (χ1n) is 9.24. The minimum atomic E-state index is -0.322. The first-order chi connectivity index (χ1) is 13.2. The summed E-state index contributed by atoms with van der Waals surface area (Å²) in [5.41, 5.74) is 1.25. The number of hydrogen-bond acceptors (Lipinski definition) is 6. The second kappa shape index (κ2) is 6.98. The summed E-state index contributed by atoms with van der Waals surface area (Å²) in [4.78, 5) is 14.3. The van der Waals surface area contributed by atoms with E-state index in [9.17, 15) is 4.79 Å². The summed E-state index contributed by atoms with van der Waals surface area (Å²) in [6.45, 7) is 2.13. The molecule has 1 aliphatic carbocycles. The lowest BCUT2D eigenvalue weighted by Crippen LogP contribution is -2.22. The van der Waals surface area contributed by atoms with Crippen molar-refractivity contribution in [2.24, 2.45) is 0 Å². The first kappa shape index (κ1) is 17.3. The van der Waals surface area contributed by atoms with E-state index in [2.05, 4.69) is 35.6 Å². The third-order valence-corrected chi connectivity index (χ3v) is 6.58. The van der Waals surface area contributed by atoms with Crippen LogP contribution in [0.5, 0.6) is 0 Å². The minimum absolute atomic E-state index is 0.322. The third-order valence-electron chi connectivity index (χ3n) is 5.10. The highest BCUT2D eigenvalue weighted by Gasteiger charge is 2.32. The van der Waals surface area contributed by atoms with Crippen molar-refractivity contribution in [3.63, 3.8) is 0 Å². The van der Waals surface area contributed by atoms with Gasteiger partial charge < -0.3 is 9.32 Å². The topological polar surface area (TPSA) is 64.2 Å². The molecular formula is C19H19BrN4O2S. The van der Waals surface area contributed by atoms with Gasteiger partial charge in [-0.15, -0.1) is 10.2 Å². The molecule has 0 atom stereocenters. The number of rotatable bonds is 5. The Hall–Kier alpha value is -1.80. The van der Waals surface area contributed by atoms with Crippen molar-refractivity contribution < 1.29 is 4.42 Å². The third kappa shape index (κ3) is 3.40. The van der Waals surface area contributed by atoms with Gasteiger partial charge in [-0.3, -0.25) is 4.57 Å². The lowest BCUT2D eigenvalue weighted by atomic mass is 10.1. The maximum atomic E-state index is 12.0. The second-order valence-corrected chi connectivity index (χ2v) is 8.96. The van der Waals surface area contributed by atoms with Crippen LogP contribution in [0.25, 0.3) is 11.0 Å². The Morgan fingerprint density at radius 3 is 2.78 bits per heavy atom. The fourth-order valence-corrected chi connectivity index (χ4v) is 4.95. The van der Waals surface area contributed by atoms with E-state index < -0.39 is 0 Å². The molecule has 0 bridgehead atoms. The van der Waals surface area contributed by atoms with Gasteiger partial charge in [0.2, 0.25) is 5.95 Å². The number of aromatic nitrogens is 3. The smallest absolute Gasteiger partial charge is 0.336 e. The van der Waals surface area contributed by atoms with Gasteiger partial charge in [0.1, 0.15) is 5.58 Å². The molecule has 140 valence electrons. The van der Waals surface area contributed by atoms with Crippen LogP contribution in [-0.2, 0) is 5.75 Å². The molecule has 2 aromatic heterocycles. The molecule has 2 fully saturated rings. The molecule has 1 saturated carbocycles. The van der Waals surface area contributed by atoms with Crippen molar-refractivity contribution in [1.29, 1.82) is 0 Å². The molecule has 0 amide bonds. The molecule has 0 spiro atoms. The second-order valence-electron chi connectivity index (χ2n) is 7.10. The van der Waals surface area contributed by atoms with Crippen LogP contribution < -0.4 is 10.5 Å². The van der Waals surface area contributed by atoms with E-state index in [1.165, 1.54) is 25.7 Å². The monoisotopic (exact) mass is 446 g/mol. The highest BCUT2D eigenvalue weighted by Crippen LogP contribution is 2.42. The van der Waals surface area contributed by atoms with Crippen molar-refractivity contribution in [2.75, 3.05) is 18.0 Å². The zero-order valence-corrected chi connectivity index (χ0v) is 17.1. The van der Waals surface area contributed by atoms with Crippen LogP contribution in [0.2, 0.25) is 0 Å². The SMILES string of the molecule is O=c1cc(CSc2nnc(N3CCCC3)n2C2CC2)c2ccc(Br)cc2o1. The normalized spacial score (nSPS) is 17.1. The summed E-state index contributed by atoms with van der Waals surface area (Å²) >= 11 is 5.08. The predicted octanol–water partition coefficient (Wildman–Crippen LogP) is 4.37. The van der Waals surface area contributed by atoms with E-state index in [0.29, 0.717) is 17.4 Å². The van der Waals surface area contributed by atoms with Crippen LogP contribution in [0, 0.1) is 0 Å². The summed E-state index contributed by atoms with van der Waals surface area (Å²) in [6.07, 6.45) is 4.83. The first-order valence-corrected chi connectivity index (χ1v) is 11.0. The number of benzene rings is 1. The molecule has 0 N–H and O–H groups in total. The molecule has 3 aromatic rings. The Kier molecular flexibility index (Phi) is 4.47. The molecule has 0 radical (unpaired) electrons. The molecular weight excluding hydrogens is 428 g/mol. The molecule has 3 heterocycles. The highest BCUT2D eigenvalue weighted by atomic mass is 79.9. The lowest BCUT2D eigenvalue weighted by Gasteiger charge is -2.18. The van der Waals surface area contributed by atoms with Crippen LogP contribution in [0.15, 0.2) is 43.1 Å². The van der Waals surface area contributed by atoms with E-state index in [1.807, 2.05) is 18.2 Å². The molecule has 1 aromatic carbocycles. The zero-order chi connectivity index (χ0) is 18.4. The van der Waals surface area contributed by atoms with Gasteiger partial charge in [-0.25, -0.2) is 4.79 Å². The Bertz CT molecular complexity index is 1050. The molecule has 2 aliphatic rings. The molecule has 1 aliphatic heterocycles. The van der Waals surface area contributed by atoms with Gasteiger partial charge in [0, 0.05) is 40.8 Å². The Balaban J connectivity index is 1.45. The Labute approximate surface area is 169 Å². The van der Waals surface area contributed by atoms with Gasteiger partial charge >= 0.3 is 5.63 Å². The quantitative estimate of drug-likeness (QED) is 0.428. The molecule has 8 heteroatoms. The summed E-state index contributed by atoms with van der Waals surface area (Å²) in [5, 5.41) is 10.9. The van der Waals surface area contributed by atoms with Gasteiger partial charge in [-0.2, -0.15) is 0 Å². The number of hydrogen-bond donors (Lipinski definition) is 0. The van der Waals surface area contributed by atoms with Crippen molar-refractivity contribution >= 4 is 44.6 Å². The molecule has 27 heavy (non-hydrogen) atoms. The van der Waals surface area contributed by atoms with Gasteiger partial charge in [0.25, 0.3) is 0 Å². The molecule has 5 rings (SSSR count). The fraction of sp³-hybridized carbons (Fsp3) is 0.421. The van der Waals surface area contributed by atoms with Crippen LogP contribution >= 0.6 is 27.7 Å². The molecule has 0 unspecified atom stereocenters. The van der Waals surface area contributed by atoms with Crippen LogP contribution in [0.4, 0.5) is 5.95 Å². The van der Waals surface area contributed by atoms with E-state index in [-0.39, 0.29) is 5.63 Å². The van der Waals surface area contributed by atoms with E-state index in [1.54, 1.807) is 17.8 Å². The average Bonchev–Trinajstić information content (AvgIpc) is 3.17. The summed E-state index contributed by atoms with van der Waals surface area (Å²) < 4.78 is 8.54. The van der Waals surface area contributed by atoms with Gasteiger partial charge in [0.05, 0.1) is 0 Å². The Morgan fingerprint density at radius 1 is 1.19 bits per heavy atom.